The summed E-state index contributed by atoms with van der Waals surface area (Å²) >= 11 is 0. The van der Waals surface area contributed by atoms with Gasteiger partial charge in [-0.05, 0) is 45.4 Å². The SMILES string of the molecule is C=C(CNC(C)(C)C)COc1ccccc1OCC. The molecule has 0 radical (unpaired) electrons. The third-order valence-electron chi connectivity index (χ3n) is 2.45. The van der Waals surface area contributed by atoms with Gasteiger partial charge >= 0.3 is 0 Å². The molecular weight excluding hydrogens is 238 g/mol. The van der Waals surface area contributed by atoms with Crippen molar-refractivity contribution < 1.29 is 9.47 Å². The Morgan fingerprint density at radius 3 is 2.26 bits per heavy atom. The highest BCUT2D eigenvalue weighted by atomic mass is 16.5. The molecule has 1 aromatic rings. The second-order valence-corrected chi connectivity index (χ2v) is 5.52. The van der Waals surface area contributed by atoms with Crippen LogP contribution in [0.4, 0.5) is 0 Å². The normalized spacial score (nSPS) is 11.2. The molecule has 0 aliphatic rings. The average molecular weight is 263 g/mol. The molecule has 0 aliphatic heterocycles. The molecule has 0 aromatic heterocycles. The molecule has 1 aromatic carbocycles. The molecule has 0 atom stereocenters. The number of hydrogen-bond acceptors (Lipinski definition) is 3. The van der Waals surface area contributed by atoms with E-state index in [0.717, 1.165) is 23.6 Å². The fraction of sp³-hybridized carbons (Fsp3) is 0.500. The number of para-hydroxylation sites is 2. The maximum absolute atomic E-state index is 5.75. The van der Waals surface area contributed by atoms with Crippen LogP contribution in [0.15, 0.2) is 36.4 Å². The predicted molar refractivity (Wildman–Crippen MR) is 80.0 cm³/mol. The summed E-state index contributed by atoms with van der Waals surface area (Å²) in [5.74, 6) is 1.54. The van der Waals surface area contributed by atoms with Crippen LogP contribution in [-0.2, 0) is 0 Å². The van der Waals surface area contributed by atoms with Gasteiger partial charge in [0, 0.05) is 12.1 Å². The van der Waals surface area contributed by atoms with Crippen molar-refractivity contribution in [2.24, 2.45) is 0 Å². The van der Waals surface area contributed by atoms with E-state index >= 15 is 0 Å². The average Bonchev–Trinajstić information content (AvgIpc) is 2.35. The minimum Gasteiger partial charge on any atom is -0.490 e. The summed E-state index contributed by atoms with van der Waals surface area (Å²) in [6.45, 7) is 14.2. The highest BCUT2D eigenvalue weighted by molar-refractivity contribution is 5.39. The molecular formula is C16H25NO2. The molecule has 0 bridgehead atoms. The molecule has 3 nitrogen and oxygen atoms in total. The van der Waals surface area contributed by atoms with Crippen LogP contribution in [0, 0.1) is 0 Å². The number of rotatable bonds is 7. The molecule has 19 heavy (non-hydrogen) atoms. The number of benzene rings is 1. The van der Waals surface area contributed by atoms with Crippen LogP contribution in [0.5, 0.6) is 11.5 Å². The van der Waals surface area contributed by atoms with Crippen LogP contribution in [0.2, 0.25) is 0 Å². The second-order valence-electron chi connectivity index (χ2n) is 5.52. The lowest BCUT2D eigenvalue weighted by Gasteiger charge is -2.21. The Balaban J connectivity index is 2.46. The van der Waals surface area contributed by atoms with E-state index in [-0.39, 0.29) is 5.54 Å². The number of ether oxygens (including phenoxy) is 2. The molecule has 0 aliphatic carbocycles. The van der Waals surface area contributed by atoms with Gasteiger partial charge in [-0.2, -0.15) is 0 Å². The lowest BCUT2D eigenvalue weighted by Crippen LogP contribution is -2.37. The lowest BCUT2D eigenvalue weighted by molar-refractivity contribution is 0.290. The van der Waals surface area contributed by atoms with E-state index in [1.165, 1.54) is 0 Å². The quantitative estimate of drug-likeness (QED) is 0.765. The number of hydrogen-bond donors (Lipinski definition) is 1. The molecule has 1 N–H and O–H groups in total. The van der Waals surface area contributed by atoms with Crippen LogP contribution >= 0.6 is 0 Å². The summed E-state index contributed by atoms with van der Waals surface area (Å²) in [6.07, 6.45) is 0. The van der Waals surface area contributed by atoms with Crippen LogP contribution in [0.3, 0.4) is 0 Å². The van der Waals surface area contributed by atoms with Crippen molar-refractivity contribution in [2.45, 2.75) is 33.2 Å². The molecule has 1 rings (SSSR count). The molecule has 0 amide bonds. The van der Waals surface area contributed by atoms with Crippen LogP contribution < -0.4 is 14.8 Å². The molecule has 3 heteroatoms. The van der Waals surface area contributed by atoms with Gasteiger partial charge < -0.3 is 14.8 Å². The summed E-state index contributed by atoms with van der Waals surface area (Å²) in [7, 11) is 0. The second kappa shape index (κ2) is 7.19. The molecule has 106 valence electrons. The fourth-order valence-electron chi connectivity index (χ4n) is 1.47. The summed E-state index contributed by atoms with van der Waals surface area (Å²) in [6, 6.07) is 7.70. The zero-order valence-corrected chi connectivity index (χ0v) is 12.5. The van der Waals surface area contributed by atoms with Crippen molar-refractivity contribution >= 4 is 0 Å². The van der Waals surface area contributed by atoms with E-state index in [2.05, 4.69) is 32.7 Å². The summed E-state index contributed by atoms with van der Waals surface area (Å²) in [5.41, 5.74) is 1.10. The predicted octanol–water partition coefficient (Wildman–Crippen LogP) is 3.41. The maximum Gasteiger partial charge on any atom is 0.161 e. The first-order chi connectivity index (χ1) is 8.92. The maximum atomic E-state index is 5.75. The Kier molecular flexibility index (Phi) is 5.90. The molecule has 0 spiro atoms. The van der Waals surface area contributed by atoms with Crippen molar-refractivity contribution in [2.75, 3.05) is 19.8 Å². The number of nitrogens with one attached hydrogen (secondary N) is 1. The zero-order chi connectivity index (χ0) is 14.3. The first kappa shape index (κ1) is 15.6. The van der Waals surface area contributed by atoms with E-state index in [1.54, 1.807) is 0 Å². The van der Waals surface area contributed by atoms with Gasteiger partial charge in [0.05, 0.1) is 6.61 Å². The van der Waals surface area contributed by atoms with Gasteiger partial charge in [-0.3, -0.25) is 0 Å². The van der Waals surface area contributed by atoms with Gasteiger partial charge in [0.2, 0.25) is 0 Å². The van der Waals surface area contributed by atoms with Gasteiger partial charge in [0.15, 0.2) is 11.5 Å². The molecule has 0 unspecified atom stereocenters. The Hall–Kier alpha value is -1.48. The highest BCUT2D eigenvalue weighted by Gasteiger charge is 2.09. The van der Waals surface area contributed by atoms with Crippen molar-refractivity contribution in [3.63, 3.8) is 0 Å². The minimum absolute atomic E-state index is 0.0895. The van der Waals surface area contributed by atoms with Crippen molar-refractivity contribution in [3.05, 3.63) is 36.4 Å². The Morgan fingerprint density at radius 2 is 1.74 bits per heavy atom. The van der Waals surface area contributed by atoms with E-state index in [1.807, 2.05) is 31.2 Å². The Morgan fingerprint density at radius 1 is 1.16 bits per heavy atom. The molecule has 0 saturated heterocycles. The largest absolute Gasteiger partial charge is 0.490 e. The topological polar surface area (TPSA) is 30.5 Å². The minimum atomic E-state index is 0.0895. The van der Waals surface area contributed by atoms with Crippen LogP contribution in [0.25, 0.3) is 0 Å². The van der Waals surface area contributed by atoms with Gasteiger partial charge in [0.25, 0.3) is 0 Å². The zero-order valence-electron chi connectivity index (χ0n) is 12.5. The van der Waals surface area contributed by atoms with Crippen molar-refractivity contribution in [1.82, 2.24) is 5.32 Å². The van der Waals surface area contributed by atoms with Crippen LogP contribution in [-0.4, -0.2) is 25.3 Å². The van der Waals surface area contributed by atoms with E-state index in [0.29, 0.717) is 13.2 Å². The monoisotopic (exact) mass is 263 g/mol. The first-order valence-electron chi connectivity index (χ1n) is 6.68. The summed E-state index contributed by atoms with van der Waals surface area (Å²) in [5, 5.41) is 3.39. The van der Waals surface area contributed by atoms with Gasteiger partial charge in [-0.25, -0.2) is 0 Å². The molecule has 0 heterocycles. The standard InChI is InChI=1S/C16H25NO2/c1-6-18-14-9-7-8-10-15(14)19-12-13(2)11-17-16(3,4)5/h7-10,17H,2,6,11-12H2,1,3-5H3. The highest BCUT2D eigenvalue weighted by Crippen LogP contribution is 2.26. The van der Waals surface area contributed by atoms with E-state index in [4.69, 9.17) is 9.47 Å². The van der Waals surface area contributed by atoms with Crippen molar-refractivity contribution in [3.8, 4) is 11.5 Å². The third kappa shape index (κ3) is 6.30. The van der Waals surface area contributed by atoms with Gasteiger partial charge in [-0.1, -0.05) is 18.7 Å². The molecule has 0 saturated carbocycles. The Bertz CT molecular complexity index is 407. The van der Waals surface area contributed by atoms with E-state index < -0.39 is 0 Å². The van der Waals surface area contributed by atoms with Crippen LogP contribution in [0.1, 0.15) is 27.7 Å². The fourth-order valence-corrected chi connectivity index (χ4v) is 1.47. The van der Waals surface area contributed by atoms with Gasteiger partial charge in [0.1, 0.15) is 6.61 Å². The van der Waals surface area contributed by atoms with E-state index in [9.17, 15) is 0 Å². The smallest absolute Gasteiger partial charge is 0.161 e. The van der Waals surface area contributed by atoms with Crippen molar-refractivity contribution in [1.29, 1.82) is 0 Å². The first-order valence-corrected chi connectivity index (χ1v) is 6.68. The lowest BCUT2D eigenvalue weighted by atomic mass is 10.1. The Labute approximate surface area is 116 Å². The summed E-state index contributed by atoms with van der Waals surface area (Å²) < 4.78 is 11.3. The third-order valence-corrected chi connectivity index (χ3v) is 2.45. The summed E-state index contributed by atoms with van der Waals surface area (Å²) in [4.78, 5) is 0. The molecule has 0 fully saturated rings. The van der Waals surface area contributed by atoms with Gasteiger partial charge in [-0.15, -0.1) is 0 Å².